The first kappa shape index (κ1) is 13.1. The predicted octanol–water partition coefficient (Wildman–Crippen LogP) is 3.86. The Morgan fingerprint density at radius 1 is 1.16 bits per heavy atom. The molecule has 1 saturated carbocycles. The highest BCUT2D eigenvalue weighted by atomic mass is 35.5. The number of ether oxygens (including phenoxy) is 1. The summed E-state index contributed by atoms with van der Waals surface area (Å²) in [5.74, 6) is 0.318. The highest BCUT2D eigenvalue weighted by molar-refractivity contribution is 6.31. The van der Waals surface area contributed by atoms with Crippen LogP contribution in [0.3, 0.4) is 0 Å². The van der Waals surface area contributed by atoms with Gasteiger partial charge in [0.1, 0.15) is 5.78 Å². The summed E-state index contributed by atoms with van der Waals surface area (Å²) in [5, 5.41) is 0.742. The molecule has 0 aromatic heterocycles. The Balaban J connectivity index is 1.72. The Labute approximate surface area is 119 Å². The highest BCUT2D eigenvalue weighted by Gasteiger charge is 2.19. The van der Waals surface area contributed by atoms with Crippen molar-refractivity contribution in [3.63, 3.8) is 0 Å². The number of carbonyl (C=O) groups is 1. The van der Waals surface area contributed by atoms with Crippen molar-refractivity contribution < 1.29 is 9.53 Å². The second kappa shape index (κ2) is 5.64. The highest BCUT2D eigenvalue weighted by Crippen LogP contribution is 2.28. The van der Waals surface area contributed by atoms with Crippen LogP contribution in [0.15, 0.2) is 12.1 Å². The second-order valence-electron chi connectivity index (χ2n) is 5.65. The molecular weight excluding hydrogens is 260 g/mol. The van der Waals surface area contributed by atoms with Crippen molar-refractivity contribution in [1.82, 2.24) is 0 Å². The molecule has 1 aromatic carbocycles. The van der Waals surface area contributed by atoms with Crippen LogP contribution in [-0.2, 0) is 29.0 Å². The number of fused-ring (bicyclic) bond motifs is 1. The third-order valence-electron chi connectivity index (χ3n) is 4.21. The van der Waals surface area contributed by atoms with Crippen LogP contribution in [0.5, 0.6) is 0 Å². The molecule has 1 fully saturated rings. The SMILES string of the molecule is O=C1CCc2cc(COC3CCCC3)c(Cl)cc2C1. The topological polar surface area (TPSA) is 26.3 Å². The van der Waals surface area contributed by atoms with E-state index < -0.39 is 0 Å². The van der Waals surface area contributed by atoms with E-state index in [4.69, 9.17) is 16.3 Å². The van der Waals surface area contributed by atoms with Crippen LogP contribution in [0.4, 0.5) is 0 Å². The number of benzene rings is 1. The van der Waals surface area contributed by atoms with Gasteiger partial charge in [-0.25, -0.2) is 0 Å². The summed E-state index contributed by atoms with van der Waals surface area (Å²) in [6.07, 6.45) is 7.38. The van der Waals surface area contributed by atoms with Crippen LogP contribution in [0, 0.1) is 0 Å². The second-order valence-corrected chi connectivity index (χ2v) is 6.05. The van der Waals surface area contributed by atoms with E-state index >= 15 is 0 Å². The molecule has 2 nitrogen and oxygen atoms in total. The maximum Gasteiger partial charge on any atom is 0.137 e. The average molecular weight is 279 g/mol. The molecule has 0 bridgehead atoms. The molecule has 0 aliphatic heterocycles. The molecule has 2 aliphatic rings. The summed E-state index contributed by atoms with van der Waals surface area (Å²) in [6, 6.07) is 4.10. The molecule has 0 spiro atoms. The van der Waals surface area contributed by atoms with Crippen LogP contribution < -0.4 is 0 Å². The molecule has 3 heteroatoms. The minimum atomic E-state index is 0.318. The first-order valence-electron chi connectivity index (χ1n) is 7.16. The molecule has 19 heavy (non-hydrogen) atoms. The van der Waals surface area contributed by atoms with E-state index in [1.165, 1.54) is 31.2 Å². The quantitative estimate of drug-likeness (QED) is 0.839. The summed E-state index contributed by atoms with van der Waals surface area (Å²) in [5.41, 5.74) is 3.45. The van der Waals surface area contributed by atoms with Gasteiger partial charge >= 0.3 is 0 Å². The fourth-order valence-electron chi connectivity index (χ4n) is 3.06. The van der Waals surface area contributed by atoms with Gasteiger partial charge in [-0.15, -0.1) is 0 Å². The molecule has 0 unspecified atom stereocenters. The third kappa shape index (κ3) is 3.01. The fourth-order valence-corrected chi connectivity index (χ4v) is 3.30. The molecule has 2 aliphatic carbocycles. The van der Waals surface area contributed by atoms with E-state index in [1.54, 1.807) is 0 Å². The normalized spacial score (nSPS) is 19.7. The van der Waals surface area contributed by atoms with Crippen molar-refractivity contribution in [3.8, 4) is 0 Å². The van der Waals surface area contributed by atoms with Gasteiger partial charge in [-0.3, -0.25) is 4.79 Å². The van der Waals surface area contributed by atoms with Crippen molar-refractivity contribution in [2.24, 2.45) is 0 Å². The maximum absolute atomic E-state index is 11.5. The first-order valence-corrected chi connectivity index (χ1v) is 7.53. The Morgan fingerprint density at radius 2 is 1.95 bits per heavy atom. The average Bonchev–Trinajstić information content (AvgIpc) is 2.89. The van der Waals surface area contributed by atoms with Gasteiger partial charge in [-0.05, 0) is 42.0 Å². The van der Waals surface area contributed by atoms with Crippen molar-refractivity contribution in [3.05, 3.63) is 33.8 Å². The van der Waals surface area contributed by atoms with E-state index in [-0.39, 0.29) is 0 Å². The third-order valence-corrected chi connectivity index (χ3v) is 4.56. The minimum Gasteiger partial charge on any atom is -0.373 e. The van der Waals surface area contributed by atoms with Crippen molar-refractivity contribution >= 4 is 17.4 Å². The van der Waals surface area contributed by atoms with E-state index in [2.05, 4.69) is 6.07 Å². The lowest BCUT2D eigenvalue weighted by molar-refractivity contribution is -0.118. The van der Waals surface area contributed by atoms with Crippen molar-refractivity contribution in [2.75, 3.05) is 0 Å². The van der Waals surface area contributed by atoms with E-state index in [0.717, 1.165) is 22.6 Å². The Bertz CT molecular complexity index is 490. The number of hydrogen-bond donors (Lipinski definition) is 0. The molecule has 0 saturated heterocycles. The molecule has 102 valence electrons. The van der Waals surface area contributed by atoms with Crippen LogP contribution in [0.25, 0.3) is 0 Å². The lowest BCUT2D eigenvalue weighted by Gasteiger charge is -2.18. The number of rotatable bonds is 3. The van der Waals surface area contributed by atoms with Gasteiger partial charge in [0.25, 0.3) is 0 Å². The molecular formula is C16H19ClO2. The number of halogens is 1. The molecule has 0 heterocycles. The van der Waals surface area contributed by atoms with Gasteiger partial charge < -0.3 is 4.74 Å². The van der Waals surface area contributed by atoms with Crippen molar-refractivity contribution in [1.29, 1.82) is 0 Å². The number of ketones is 1. The zero-order chi connectivity index (χ0) is 13.2. The molecule has 3 rings (SSSR count). The molecule has 0 amide bonds. The monoisotopic (exact) mass is 278 g/mol. The lowest BCUT2D eigenvalue weighted by atomic mass is 9.89. The number of carbonyl (C=O) groups excluding carboxylic acids is 1. The number of hydrogen-bond acceptors (Lipinski definition) is 2. The van der Waals surface area contributed by atoms with Crippen LogP contribution in [0.1, 0.15) is 48.8 Å². The molecule has 0 radical (unpaired) electrons. The molecule has 0 N–H and O–H groups in total. The van der Waals surface area contributed by atoms with Crippen LogP contribution >= 0.6 is 11.6 Å². The molecule has 0 atom stereocenters. The summed E-state index contributed by atoms with van der Waals surface area (Å²) in [7, 11) is 0. The Kier molecular flexibility index (Phi) is 3.90. The zero-order valence-corrected chi connectivity index (χ0v) is 11.8. The van der Waals surface area contributed by atoms with Gasteiger partial charge in [0, 0.05) is 17.9 Å². The van der Waals surface area contributed by atoms with Gasteiger partial charge in [0.05, 0.1) is 12.7 Å². The number of aryl methyl sites for hydroxylation is 1. The van der Waals surface area contributed by atoms with Crippen LogP contribution in [0.2, 0.25) is 5.02 Å². The summed E-state index contributed by atoms with van der Waals surface area (Å²) in [4.78, 5) is 11.5. The summed E-state index contributed by atoms with van der Waals surface area (Å²) in [6.45, 7) is 0.602. The minimum absolute atomic E-state index is 0.318. The van der Waals surface area contributed by atoms with Crippen molar-refractivity contribution in [2.45, 2.75) is 57.7 Å². The van der Waals surface area contributed by atoms with Crippen LogP contribution in [-0.4, -0.2) is 11.9 Å². The van der Waals surface area contributed by atoms with E-state index in [0.29, 0.717) is 31.3 Å². The zero-order valence-electron chi connectivity index (χ0n) is 11.1. The molecule has 1 aromatic rings. The fraction of sp³-hybridized carbons (Fsp3) is 0.562. The van der Waals surface area contributed by atoms with E-state index in [1.807, 2.05) is 6.07 Å². The maximum atomic E-state index is 11.5. The predicted molar refractivity (Wildman–Crippen MR) is 75.5 cm³/mol. The van der Waals surface area contributed by atoms with Gasteiger partial charge in [0.2, 0.25) is 0 Å². The summed E-state index contributed by atoms with van der Waals surface area (Å²) < 4.78 is 5.93. The van der Waals surface area contributed by atoms with Gasteiger partial charge in [-0.1, -0.05) is 30.5 Å². The Hall–Kier alpha value is -0.860. The largest absolute Gasteiger partial charge is 0.373 e. The summed E-state index contributed by atoms with van der Waals surface area (Å²) >= 11 is 6.30. The smallest absolute Gasteiger partial charge is 0.137 e. The van der Waals surface area contributed by atoms with E-state index in [9.17, 15) is 4.79 Å². The standard InChI is InChI=1S/C16H19ClO2/c17-16-9-12-8-14(18)6-5-11(12)7-13(16)10-19-15-3-1-2-4-15/h7,9,15H,1-6,8,10H2. The van der Waals surface area contributed by atoms with Gasteiger partial charge in [0.15, 0.2) is 0 Å². The first-order chi connectivity index (χ1) is 9.22. The Morgan fingerprint density at radius 3 is 2.74 bits per heavy atom. The van der Waals surface area contributed by atoms with Gasteiger partial charge in [-0.2, -0.15) is 0 Å². The lowest BCUT2D eigenvalue weighted by Crippen LogP contribution is -2.14. The number of Topliss-reactive ketones (excluding diaryl/α,β-unsaturated/α-hetero) is 1.